The first-order valence-electron chi connectivity index (χ1n) is 3.65. The molecule has 0 spiro atoms. The third-order valence-corrected chi connectivity index (χ3v) is 2.21. The Hall–Kier alpha value is -1.60. The normalized spacial score (nSPS) is 10.6. The van der Waals surface area contributed by atoms with E-state index in [9.17, 15) is 4.79 Å². The van der Waals surface area contributed by atoms with E-state index in [0.29, 0.717) is 5.70 Å². The summed E-state index contributed by atoms with van der Waals surface area (Å²) in [5.74, 6) is -0.171. The fraction of sp³-hybridized carbons (Fsp3) is 0.111. The Morgan fingerprint density at radius 3 is 3.00 bits per heavy atom. The Bertz CT molecular complexity index is 359. The van der Waals surface area contributed by atoms with Crippen molar-refractivity contribution < 1.29 is 4.79 Å². The van der Waals surface area contributed by atoms with Gasteiger partial charge < -0.3 is 5.32 Å². The molecule has 1 heterocycles. The predicted molar refractivity (Wildman–Crippen MR) is 51.7 cm³/mol. The summed E-state index contributed by atoms with van der Waals surface area (Å²) in [5.41, 5.74) is 0.560. The van der Waals surface area contributed by atoms with E-state index in [-0.39, 0.29) is 5.91 Å². The van der Waals surface area contributed by atoms with Gasteiger partial charge in [0.05, 0.1) is 16.6 Å². The third-order valence-electron chi connectivity index (χ3n) is 1.31. The van der Waals surface area contributed by atoms with Gasteiger partial charge in [0.1, 0.15) is 0 Å². The van der Waals surface area contributed by atoms with Crippen molar-refractivity contribution in [2.45, 2.75) is 6.92 Å². The lowest BCUT2D eigenvalue weighted by Gasteiger charge is -2.02. The van der Waals surface area contributed by atoms with Crippen molar-refractivity contribution in [1.29, 1.82) is 5.26 Å². The molecule has 1 N–H and O–H groups in total. The zero-order valence-corrected chi connectivity index (χ0v) is 7.89. The Morgan fingerprint density at radius 1 is 1.77 bits per heavy atom. The molecule has 0 saturated carbocycles. The molecule has 0 saturated heterocycles. The molecule has 3 nitrogen and oxygen atoms in total. The molecule has 4 heteroatoms. The summed E-state index contributed by atoms with van der Waals surface area (Å²) >= 11 is 1.48. The summed E-state index contributed by atoms with van der Waals surface area (Å²) in [6.45, 7) is 1.42. The fourth-order valence-electron chi connectivity index (χ4n) is 0.855. The Balaban J connectivity index is 2.89. The van der Waals surface area contributed by atoms with Crippen molar-refractivity contribution >= 4 is 22.9 Å². The number of carbonyl (C=O) groups excluding carboxylic acids is 1. The molecule has 1 aromatic rings. The molecule has 0 radical (unpaired) electrons. The summed E-state index contributed by atoms with van der Waals surface area (Å²) in [7, 11) is 0. The number of thiophene rings is 1. The maximum absolute atomic E-state index is 10.8. The van der Waals surface area contributed by atoms with Crippen LogP contribution in [0, 0.1) is 11.3 Å². The first-order chi connectivity index (χ1) is 6.24. The van der Waals surface area contributed by atoms with Crippen LogP contribution in [0.5, 0.6) is 0 Å². The number of hydrogen-bond donors (Lipinski definition) is 1. The van der Waals surface area contributed by atoms with Crippen LogP contribution >= 0.6 is 11.3 Å². The molecule has 0 aliphatic carbocycles. The molecule has 66 valence electrons. The first-order valence-corrected chi connectivity index (χ1v) is 4.53. The molecule has 0 aromatic carbocycles. The number of allylic oxidation sites excluding steroid dienone is 1. The van der Waals surface area contributed by atoms with Crippen molar-refractivity contribution in [2.75, 3.05) is 0 Å². The van der Waals surface area contributed by atoms with Crippen molar-refractivity contribution in [3.8, 4) is 6.07 Å². The highest BCUT2D eigenvalue weighted by Crippen LogP contribution is 2.17. The smallest absolute Gasteiger partial charge is 0.221 e. The molecule has 1 amide bonds. The van der Waals surface area contributed by atoms with Crippen molar-refractivity contribution in [2.24, 2.45) is 0 Å². The third kappa shape index (κ3) is 2.73. The molecule has 0 fully saturated rings. The molecule has 0 atom stereocenters. The molecule has 1 aromatic heterocycles. The van der Waals surface area contributed by atoms with Crippen molar-refractivity contribution in [1.82, 2.24) is 5.32 Å². The van der Waals surface area contributed by atoms with Gasteiger partial charge in [-0.1, -0.05) is 6.07 Å². The van der Waals surface area contributed by atoms with Crippen LogP contribution in [0.4, 0.5) is 0 Å². The van der Waals surface area contributed by atoms with Crippen LogP contribution in [0.3, 0.4) is 0 Å². The topological polar surface area (TPSA) is 52.9 Å². The van der Waals surface area contributed by atoms with Crippen LogP contribution < -0.4 is 5.32 Å². The standard InChI is InChI=1S/C9H8N2OS/c1-7(12)11-8(4-5-10)9-3-2-6-13-9/h2-4,6H,1H3,(H,11,12)/b8-4+. The molecule has 0 aliphatic heterocycles. The highest BCUT2D eigenvalue weighted by molar-refractivity contribution is 7.11. The number of nitrogens with one attached hydrogen (secondary N) is 1. The molecule has 0 aliphatic rings. The second kappa shape index (κ2) is 4.43. The second-order valence-corrected chi connectivity index (χ2v) is 3.29. The van der Waals surface area contributed by atoms with Crippen molar-refractivity contribution in [3.63, 3.8) is 0 Å². The van der Waals surface area contributed by atoms with Gasteiger partial charge in [-0.3, -0.25) is 4.79 Å². The number of carbonyl (C=O) groups is 1. The van der Waals surface area contributed by atoms with Gasteiger partial charge in [-0.25, -0.2) is 0 Å². The van der Waals surface area contributed by atoms with Gasteiger partial charge in [0.25, 0.3) is 0 Å². The summed E-state index contributed by atoms with van der Waals surface area (Å²) in [6, 6.07) is 5.61. The van der Waals surface area contributed by atoms with Gasteiger partial charge in [-0.2, -0.15) is 5.26 Å². The van der Waals surface area contributed by atoms with Crippen LogP contribution in [0.1, 0.15) is 11.8 Å². The largest absolute Gasteiger partial charge is 0.324 e. The van der Waals surface area contributed by atoms with Crippen LogP contribution in [-0.2, 0) is 4.79 Å². The Morgan fingerprint density at radius 2 is 2.54 bits per heavy atom. The van der Waals surface area contributed by atoms with Crippen molar-refractivity contribution in [3.05, 3.63) is 28.5 Å². The van der Waals surface area contributed by atoms with E-state index in [1.54, 1.807) is 0 Å². The van der Waals surface area contributed by atoms with E-state index in [1.165, 1.54) is 24.3 Å². The molecular weight excluding hydrogens is 184 g/mol. The van der Waals surface area contributed by atoms with Gasteiger partial charge in [0, 0.05) is 13.0 Å². The van der Waals surface area contributed by atoms with E-state index >= 15 is 0 Å². The lowest BCUT2D eigenvalue weighted by Crippen LogP contribution is -2.17. The highest BCUT2D eigenvalue weighted by atomic mass is 32.1. The average Bonchev–Trinajstić information content (AvgIpc) is 2.54. The van der Waals surface area contributed by atoms with E-state index in [1.807, 2.05) is 23.6 Å². The fourth-order valence-corrected chi connectivity index (χ4v) is 1.55. The van der Waals surface area contributed by atoms with Crippen LogP contribution in [0.25, 0.3) is 5.70 Å². The second-order valence-electron chi connectivity index (χ2n) is 2.35. The van der Waals surface area contributed by atoms with E-state index in [2.05, 4.69) is 5.32 Å². The minimum atomic E-state index is -0.171. The Labute approximate surface area is 80.3 Å². The maximum Gasteiger partial charge on any atom is 0.221 e. The number of nitrogens with zero attached hydrogens (tertiary/aromatic N) is 1. The van der Waals surface area contributed by atoms with Gasteiger partial charge in [-0.05, 0) is 11.4 Å². The number of hydrogen-bond acceptors (Lipinski definition) is 3. The SMILES string of the molecule is CC(=O)N/C(=C/C#N)c1cccs1. The van der Waals surface area contributed by atoms with E-state index in [0.717, 1.165) is 4.88 Å². The molecule has 0 unspecified atom stereocenters. The van der Waals surface area contributed by atoms with E-state index in [4.69, 9.17) is 5.26 Å². The van der Waals surface area contributed by atoms with Crippen LogP contribution in [0.15, 0.2) is 23.6 Å². The number of rotatable bonds is 2. The van der Waals surface area contributed by atoms with Gasteiger partial charge in [0.2, 0.25) is 5.91 Å². The first kappa shape index (κ1) is 9.49. The van der Waals surface area contributed by atoms with Crippen LogP contribution in [-0.4, -0.2) is 5.91 Å². The summed E-state index contributed by atoms with van der Waals surface area (Å²) in [6.07, 6.45) is 1.33. The quantitative estimate of drug-likeness (QED) is 0.726. The number of nitriles is 1. The summed E-state index contributed by atoms with van der Waals surface area (Å²) in [4.78, 5) is 11.7. The lowest BCUT2D eigenvalue weighted by atomic mass is 10.3. The van der Waals surface area contributed by atoms with Gasteiger partial charge in [0.15, 0.2) is 0 Å². The minimum Gasteiger partial charge on any atom is -0.324 e. The Kier molecular flexibility index (Phi) is 3.23. The average molecular weight is 192 g/mol. The van der Waals surface area contributed by atoms with Crippen LogP contribution in [0.2, 0.25) is 0 Å². The van der Waals surface area contributed by atoms with E-state index < -0.39 is 0 Å². The summed E-state index contributed by atoms with van der Waals surface area (Å²) < 4.78 is 0. The zero-order valence-electron chi connectivity index (χ0n) is 7.07. The maximum atomic E-state index is 10.8. The van der Waals surface area contributed by atoms with Gasteiger partial charge >= 0.3 is 0 Å². The molecule has 1 rings (SSSR count). The summed E-state index contributed by atoms with van der Waals surface area (Å²) in [5, 5.41) is 13.0. The zero-order chi connectivity index (χ0) is 9.68. The molecule has 13 heavy (non-hydrogen) atoms. The molecule has 0 bridgehead atoms. The predicted octanol–water partition coefficient (Wildman–Crippen LogP) is 1.75. The lowest BCUT2D eigenvalue weighted by molar-refractivity contribution is -0.117. The van der Waals surface area contributed by atoms with Gasteiger partial charge in [-0.15, -0.1) is 11.3 Å². The highest BCUT2D eigenvalue weighted by Gasteiger charge is 2.03. The monoisotopic (exact) mass is 192 g/mol. The molecular formula is C9H8N2OS. The number of amides is 1. The minimum absolute atomic E-state index is 0.171.